The minimum Gasteiger partial charge on any atom is -0.748 e. The number of unbranched alkanes of at least 4 members (excludes halogenated alkanes) is 12. The van der Waals surface area contributed by atoms with E-state index in [2.05, 4.69) is 6.92 Å². The molecule has 0 heterocycles. The van der Waals surface area contributed by atoms with Gasteiger partial charge in [-0.25, -0.2) is 8.42 Å². The van der Waals surface area contributed by atoms with Crippen molar-refractivity contribution in [3.63, 3.8) is 0 Å². The van der Waals surface area contributed by atoms with Crippen LogP contribution in [0.25, 0.3) is 0 Å². The standard InChI is InChI=1S/C21H44O4S.Na/c1-3-4-5-15-18-21(22)19-16-13-11-9-7-6-8-10-12-14-17-20(2)26(23,24)25;/h20-22H,3-19H2,1-2H3,(H,23,24,25);/q;+1/p-1. The van der Waals surface area contributed by atoms with Crippen molar-refractivity contribution in [2.45, 2.75) is 134 Å². The molecule has 0 saturated carbocycles. The summed E-state index contributed by atoms with van der Waals surface area (Å²) in [7, 11) is -4.09. The van der Waals surface area contributed by atoms with Crippen LogP contribution in [-0.4, -0.2) is 29.4 Å². The third-order valence-corrected chi connectivity index (χ3v) is 6.50. The van der Waals surface area contributed by atoms with Crippen LogP contribution in [-0.2, 0) is 10.1 Å². The third kappa shape index (κ3) is 21.4. The van der Waals surface area contributed by atoms with Gasteiger partial charge in [-0.15, -0.1) is 0 Å². The molecule has 0 radical (unpaired) electrons. The second-order valence-corrected chi connectivity index (χ2v) is 9.71. The Bertz CT molecular complexity index is 401. The van der Waals surface area contributed by atoms with Gasteiger partial charge in [-0.05, 0) is 26.2 Å². The predicted molar refractivity (Wildman–Crippen MR) is 109 cm³/mol. The molecule has 4 nitrogen and oxygen atoms in total. The minimum absolute atomic E-state index is 0. The number of hydrogen-bond donors (Lipinski definition) is 1. The van der Waals surface area contributed by atoms with Crippen LogP contribution in [0.1, 0.15) is 123 Å². The van der Waals surface area contributed by atoms with E-state index in [9.17, 15) is 18.1 Å². The maximum atomic E-state index is 10.8. The summed E-state index contributed by atoms with van der Waals surface area (Å²) in [5.41, 5.74) is 0. The first-order chi connectivity index (χ1) is 12.4. The van der Waals surface area contributed by atoms with E-state index in [1.165, 1.54) is 71.1 Å². The summed E-state index contributed by atoms with van der Waals surface area (Å²) >= 11 is 0. The topological polar surface area (TPSA) is 77.4 Å². The first-order valence-electron chi connectivity index (χ1n) is 11.0. The third-order valence-electron chi connectivity index (χ3n) is 5.28. The molecule has 2 atom stereocenters. The van der Waals surface area contributed by atoms with Crippen molar-refractivity contribution >= 4 is 10.1 Å². The molecule has 2 unspecified atom stereocenters. The molecular formula is C21H43NaO4S. The molecule has 158 valence electrons. The van der Waals surface area contributed by atoms with Crippen molar-refractivity contribution in [1.29, 1.82) is 0 Å². The van der Waals surface area contributed by atoms with Crippen LogP contribution in [0.3, 0.4) is 0 Å². The minimum atomic E-state index is -4.09. The summed E-state index contributed by atoms with van der Waals surface area (Å²) in [6.45, 7) is 3.72. The number of aliphatic hydroxyl groups excluding tert-OH is 1. The zero-order valence-electron chi connectivity index (χ0n) is 18.3. The molecule has 0 amide bonds. The molecule has 0 aromatic carbocycles. The molecule has 0 saturated heterocycles. The molecule has 27 heavy (non-hydrogen) atoms. The van der Waals surface area contributed by atoms with Gasteiger partial charge in [0.15, 0.2) is 0 Å². The van der Waals surface area contributed by atoms with Gasteiger partial charge in [-0.2, -0.15) is 0 Å². The summed E-state index contributed by atoms with van der Waals surface area (Å²) in [6, 6.07) is 0. The maximum absolute atomic E-state index is 10.8. The fourth-order valence-corrected chi connectivity index (χ4v) is 3.78. The van der Waals surface area contributed by atoms with Crippen molar-refractivity contribution in [1.82, 2.24) is 0 Å². The van der Waals surface area contributed by atoms with Crippen molar-refractivity contribution in [3.05, 3.63) is 0 Å². The number of aliphatic hydroxyl groups is 1. The van der Waals surface area contributed by atoms with E-state index in [1.54, 1.807) is 0 Å². The first kappa shape index (κ1) is 30.1. The zero-order chi connectivity index (χ0) is 19.7. The van der Waals surface area contributed by atoms with Gasteiger partial charge in [0.2, 0.25) is 0 Å². The van der Waals surface area contributed by atoms with Crippen molar-refractivity contribution < 1.29 is 47.6 Å². The SMILES string of the molecule is CCCCCCC(O)CCCCCCCCCCCCC(C)S(=O)(=O)[O-].[Na+]. The quantitative estimate of drug-likeness (QED) is 0.200. The van der Waals surface area contributed by atoms with Crippen LogP contribution < -0.4 is 29.6 Å². The Kier molecular flexibility index (Phi) is 22.4. The summed E-state index contributed by atoms with van der Waals surface area (Å²) in [6.07, 6.45) is 18.9. The van der Waals surface area contributed by atoms with Gasteiger partial charge in [-0.3, -0.25) is 0 Å². The van der Waals surface area contributed by atoms with Gasteiger partial charge >= 0.3 is 29.6 Å². The van der Waals surface area contributed by atoms with E-state index in [0.717, 1.165) is 38.5 Å². The average molecular weight is 415 g/mol. The van der Waals surface area contributed by atoms with Crippen LogP contribution in [0, 0.1) is 0 Å². The van der Waals surface area contributed by atoms with Crippen LogP contribution >= 0.6 is 0 Å². The molecule has 0 spiro atoms. The number of rotatable bonds is 19. The van der Waals surface area contributed by atoms with E-state index in [-0.39, 0.29) is 35.7 Å². The fourth-order valence-electron chi connectivity index (χ4n) is 3.32. The van der Waals surface area contributed by atoms with E-state index in [1.807, 2.05) is 0 Å². The van der Waals surface area contributed by atoms with E-state index < -0.39 is 15.4 Å². The zero-order valence-corrected chi connectivity index (χ0v) is 21.1. The molecule has 1 N–H and O–H groups in total. The summed E-state index contributed by atoms with van der Waals surface area (Å²) < 4.78 is 32.3. The summed E-state index contributed by atoms with van der Waals surface area (Å²) in [5, 5.41) is 9.18. The summed E-state index contributed by atoms with van der Waals surface area (Å²) in [5.74, 6) is 0. The number of hydrogen-bond acceptors (Lipinski definition) is 4. The van der Waals surface area contributed by atoms with Crippen LogP contribution in [0.15, 0.2) is 0 Å². The first-order valence-corrected chi connectivity index (χ1v) is 12.5. The second-order valence-electron chi connectivity index (χ2n) is 7.92. The monoisotopic (exact) mass is 414 g/mol. The van der Waals surface area contributed by atoms with Crippen molar-refractivity contribution in [2.24, 2.45) is 0 Å². The Morgan fingerprint density at radius 2 is 1.04 bits per heavy atom. The molecule has 0 fully saturated rings. The molecule has 0 aliphatic carbocycles. The molecular weight excluding hydrogens is 371 g/mol. The van der Waals surface area contributed by atoms with Gasteiger partial charge in [0, 0.05) is 5.25 Å². The van der Waals surface area contributed by atoms with E-state index >= 15 is 0 Å². The smallest absolute Gasteiger partial charge is 0.748 e. The predicted octanol–water partition coefficient (Wildman–Crippen LogP) is 2.94. The Balaban J connectivity index is 0. The van der Waals surface area contributed by atoms with Gasteiger partial charge < -0.3 is 9.66 Å². The molecule has 0 bridgehead atoms. The van der Waals surface area contributed by atoms with Crippen LogP contribution in [0.2, 0.25) is 0 Å². The largest absolute Gasteiger partial charge is 1.00 e. The Morgan fingerprint density at radius 1 is 0.704 bits per heavy atom. The van der Waals surface area contributed by atoms with Gasteiger partial charge in [-0.1, -0.05) is 96.8 Å². The Labute approximate surface area is 191 Å². The normalized spacial score (nSPS) is 13.9. The van der Waals surface area contributed by atoms with Gasteiger partial charge in [0.25, 0.3) is 0 Å². The molecule has 0 aliphatic heterocycles. The molecule has 6 heteroatoms. The van der Waals surface area contributed by atoms with E-state index in [0.29, 0.717) is 6.42 Å². The van der Waals surface area contributed by atoms with Gasteiger partial charge in [0.05, 0.1) is 16.2 Å². The Hall–Kier alpha value is 0.870. The van der Waals surface area contributed by atoms with Crippen LogP contribution in [0.5, 0.6) is 0 Å². The van der Waals surface area contributed by atoms with Crippen molar-refractivity contribution in [3.8, 4) is 0 Å². The summed E-state index contributed by atoms with van der Waals surface area (Å²) in [4.78, 5) is 0. The molecule has 0 rings (SSSR count). The Morgan fingerprint density at radius 3 is 1.41 bits per heavy atom. The van der Waals surface area contributed by atoms with Crippen LogP contribution in [0.4, 0.5) is 0 Å². The fraction of sp³-hybridized carbons (Fsp3) is 1.00. The second kappa shape index (κ2) is 20.2. The molecule has 0 aliphatic rings. The molecule has 0 aromatic rings. The van der Waals surface area contributed by atoms with Gasteiger partial charge in [0.1, 0.15) is 0 Å². The molecule has 0 aromatic heterocycles. The maximum Gasteiger partial charge on any atom is 1.00 e. The average Bonchev–Trinajstić information content (AvgIpc) is 2.58. The van der Waals surface area contributed by atoms with Crippen molar-refractivity contribution in [2.75, 3.05) is 0 Å². The van der Waals surface area contributed by atoms with E-state index in [4.69, 9.17) is 0 Å².